The van der Waals surface area contributed by atoms with Gasteiger partial charge >= 0.3 is 5.97 Å². The van der Waals surface area contributed by atoms with Crippen LogP contribution in [0.2, 0.25) is 0 Å². The number of nitrogens with zero attached hydrogens (tertiary/aromatic N) is 1. The predicted octanol–water partition coefficient (Wildman–Crippen LogP) is 1.81. The van der Waals surface area contributed by atoms with Gasteiger partial charge in [0, 0.05) is 12.6 Å². The SMILES string of the molecule is C=CCNC(=O)[C@@H](C)OC(=O)/C=C/c1ccc(C#N)cc1. The van der Waals surface area contributed by atoms with Gasteiger partial charge in [-0.25, -0.2) is 4.79 Å². The van der Waals surface area contributed by atoms with Crippen LogP contribution < -0.4 is 5.32 Å². The molecule has 0 radical (unpaired) electrons. The second kappa shape index (κ2) is 8.33. The third kappa shape index (κ3) is 5.74. The van der Waals surface area contributed by atoms with Gasteiger partial charge in [0.2, 0.25) is 0 Å². The largest absolute Gasteiger partial charge is 0.449 e. The first kappa shape index (κ1) is 16.2. The van der Waals surface area contributed by atoms with Crippen molar-refractivity contribution in [3.05, 3.63) is 54.1 Å². The van der Waals surface area contributed by atoms with Gasteiger partial charge in [-0.3, -0.25) is 4.79 Å². The average Bonchev–Trinajstić information content (AvgIpc) is 2.50. The second-order valence-corrected chi connectivity index (χ2v) is 4.18. The number of nitriles is 1. The third-order valence-electron chi connectivity index (χ3n) is 2.53. The highest BCUT2D eigenvalue weighted by molar-refractivity contribution is 5.90. The number of ether oxygens (including phenoxy) is 1. The molecule has 0 fully saturated rings. The Balaban J connectivity index is 2.52. The first-order chi connectivity index (χ1) is 10.1. The zero-order valence-electron chi connectivity index (χ0n) is 11.7. The van der Waals surface area contributed by atoms with Crippen LogP contribution in [0.15, 0.2) is 43.0 Å². The number of amides is 1. The predicted molar refractivity (Wildman–Crippen MR) is 79.0 cm³/mol. The molecule has 0 heterocycles. The number of carbonyl (C=O) groups excluding carboxylic acids is 2. The molecule has 0 bridgehead atoms. The molecule has 5 heteroatoms. The minimum Gasteiger partial charge on any atom is -0.449 e. The van der Waals surface area contributed by atoms with Crippen LogP contribution in [0.5, 0.6) is 0 Å². The maximum Gasteiger partial charge on any atom is 0.331 e. The van der Waals surface area contributed by atoms with E-state index in [4.69, 9.17) is 10.00 Å². The molecule has 0 unspecified atom stereocenters. The standard InChI is InChI=1S/C16H16N2O3/c1-3-10-18-16(20)12(2)21-15(19)9-8-13-4-6-14(11-17)7-5-13/h3-9,12H,1,10H2,2H3,(H,18,20)/b9-8+/t12-/m1/s1. The molecule has 0 aliphatic rings. The molecule has 0 saturated heterocycles. The fraction of sp³-hybridized carbons (Fsp3) is 0.188. The fourth-order valence-corrected chi connectivity index (χ4v) is 1.42. The summed E-state index contributed by atoms with van der Waals surface area (Å²) in [7, 11) is 0. The number of nitrogens with one attached hydrogen (secondary N) is 1. The first-order valence-electron chi connectivity index (χ1n) is 6.34. The Kier molecular flexibility index (Phi) is 6.42. The minimum atomic E-state index is -0.872. The van der Waals surface area contributed by atoms with E-state index >= 15 is 0 Å². The highest BCUT2D eigenvalue weighted by Gasteiger charge is 2.15. The van der Waals surface area contributed by atoms with Gasteiger partial charge in [-0.05, 0) is 30.7 Å². The molecule has 5 nitrogen and oxygen atoms in total. The number of hydrogen-bond donors (Lipinski definition) is 1. The van der Waals surface area contributed by atoms with Crippen molar-refractivity contribution in [3.63, 3.8) is 0 Å². The average molecular weight is 284 g/mol. The molecule has 0 aliphatic heterocycles. The van der Waals surface area contributed by atoms with E-state index in [-0.39, 0.29) is 5.91 Å². The topological polar surface area (TPSA) is 79.2 Å². The van der Waals surface area contributed by atoms with Crippen molar-refractivity contribution in [2.75, 3.05) is 6.54 Å². The van der Waals surface area contributed by atoms with Crippen LogP contribution in [-0.4, -0.2) is 24.5 Å². The minimum absolute atomic E-state index is 0.321. The Morgan fingerprint density at radius 2 is 2.10 bits per heavy atom. The summed E-state index contributed by atoms with van der Waals surface area (Å²) in [6.45, 7) is 5.29. The molecule has 0 spiro atoms. The summed E-state index contributed by atoms with van der Waals surface area (Å²) in [6, 6.07) is 8.73. The van der Waals surface area contributed by atoms with E-state index in [1.807, 2.05) is 6.07 Å². The van der Waals surface area contributed by atoms with Crippen molar-refractivity contribution in [3.8, 4) is 6.07 Å². The van der Waals surface area contributed by atoms with E-state index in [0.717, 1.165) is 5.56 Å². The second-order valence-electron chi connectivity index (χ2n) is 4.18. The molecule has 21 heavy (non-hydrogen) atoms. The van der Waals surface area contributed by atoms with Gasteiger partial charge in [0.05, 0.1) is 11.6 Å². The van der Waals surface area contributed by atoms with Gasteiger partial charge in [0.25, 0.3) is 5.91 Å². The molecular weight excluding hydrogens is 268 g/mol. The molecule has 1 amide bonds. The molecule has 1 atom stereocenters. The van der Waals surface area contributed by atoms with Crippen molar-refractivity contribution in [1.82, 2.24) is 5.32 Å². The van der Waals surface area contributed by atoms with E-state index in [0.29, 0.717) is 12.1 Å². The monoisotopic (exact) mass is 284 g/mol. The van der Waals surface area contributed by atoms with Crippen molar-refractivity contribution in [2.45, 2.75) is 13.0 Å². The summed E-state index contributed by atoms with van der Waals surface area (Å²) >= 11 is 0. The van der Waals surface area contributed by atoms with Gasteiger partial charge in [0.1, 0.15) is 0 Å². The lowest BCUT2D eigenvalue weighted by atomic mass is 10.1. The van der Waals surface area contributed by atoms with Crippen molar-refractivity contribution in [2.24, 2.45) is 0 Å². The van der Waals surface area contributed by atoms with Crippen molar-refractivity contribution < 1.29 is 14.3 Å². The highest BCUT2D eigenvalue weighted by Crippen LogP contribution is 2.05. The van der Waals surface area contributed by atoms with Crippen LogP contribution >= 0.6 is 0 Å². The van der Waals surface area contributed by atoms with Crippen LogP contribution in [0.1, 0.15) is 18.1 Å². The molecule has 0 aromatic heterocycles. The van der Waals surface area contributed by atoms with Crippen molar-refractivity contribution >= 4 is 18.0 Å². The Hall–Kier alpha value is -2.87. The number of rotatable bonds is 6. The molecule has 1 aromatic rings. The summed E-state index contributed by atoms with van der Waals surface area (Å²) in [5, 5.41) is 11.2. The molecule has 1 aromatic carbocycles. The summed E-state index contributed by atoms with van der Waals surface area (Å²) in [5.74, 6) is -0.990. The molecule has 108 valence electrons. The quantitative estimate of drug-likeness (QED) is 0.491. The Labute approximate surface area is 123 Å². The van der Waals surface area contributed by atoms with Crippen LogP contribution in [0.25, 0.3) is 6.08 Å². The van der Waals surface area contributed by atoms with Gasteiger partial charge in [-0.1, -0.05) is 18.2 Å². The lowest BCUT2D eigenvalue weighted by Gasteiger charge is -2.10. The van der Waals surface area contributed by atoms with E-state index < -0.39 is 12.1 Å². The maximum absolute atomic E-state index is 11.6. The maximum atomic E-state index is 11.6. The van der Waals surface area contributed by atoms with Crippen LogP contribution in [0.4, 0.5) is 0 Å². The molecule has 0 saturated carbocycles. The van der Waals surface area contributed by atoms with Gasteiger partial charge in [-0.15, -0.1) is 6.58 Å². The number of esters is 1. The zero-order chi connectivity index (χ0) is 15.7. The highest BCUT2D eigenvalue weighted by atomic mass is 16.5. The molecule has 0 aliphatic carbocycles. The molecule has 1 N–H and O–H groups in total. The van der Waals surface area contributed by atoms with Crippen molar-refractivity contribution in [1.29, 1.82) is 5.26 Å². The van der Waals surface area contributed by atoms with Crippen LogP contribution in [0, 0.1) is 11.3 Å². The van der Waals surface area contributed by atoms with Gasteiger partial charge in [-0.2, -0.15) is 5.26 Å². The fourth-order valence-electron chi connectivity index (χ4n) is 1.42. The lowest BCUT2D eigenvalue weighted by molar-refractivity contribution is -0.150. The van der Waals surface area contributed by atoms with Crippen LogP contribution in [0.3, 0.4) is 0 Å². The number of hydrogen-bond acceptors (Lipinski definition) is 4. The summed E-state index contributed by atoms with van der Waals surface area (Å²) in [6.07, 6.45) is 3.45. The summed E-state index contributed by atoms with van der Waals surface area (Å²) < 4.78 is 4.95. The normalized spacial score (nSPS) is 11.4. The Morgan fingerprint density at radius 1 is 1.43 bits per heavy atom. The summed E-state index contributed by atoms with van der Waals surface area (Å²) in [5.41, 5.74) is 1.30. The van der Waals surface area contributed by atoms with E-state index in [1.54, 1.807) is 30.3 Å². The molecule has 1 rings (SSSR count). The third-order valence-corrected chi connectivity index (χ3v) is 2.53. The zero-order valence-corrected chi connectivity index (χ0v) is 11.7. The van der Waals surface area contributed by atoms with E-state index in [1.165, 1.54) is 19.1 Å². The van der Waals surface area contributed by atoms with Gasteiger partial charge in [0.15, 0.2) is 6.10 Å². The Bertz CT molecular complexity index is 583. The van der Waals surface area contributed by atoms with E-state index in [2.05, 4.69) is 11.9 Å². The first-order valence-corrected chi connectivity index (χ1v) is 6.34. The lowest BCUT2D eigenvalue weighted by Crippen LogP contribution is -2.35. The number of carbonyl (C=O) groups is 2. The number of benzene rings is 1. The smallest absolute Gasteiger partial charge is 0.331 e. The Morgan fingerprint density at radius 3 is 2.67 bits per heavy atom. The molecular formula is C16H16N2O3. The van der Waals surface area contributed by atoms with E-state index in [9.17, 15) is 9.59 Å². The van der Waals surface area contributed by atoms with Crippen LogP contribution in [-0.2, 0) is 14.3 Å². The van der Waals surface area contributed by atoms with Gasteiger partial charge < -0.3 is 10.1 Å². The summed E-state index contributed by atoms with van der Waals surface area (Å²) in [4.78, 5) is 23.1.